The number of aromatic amines is 1. The van der Waals surface area contributed by atoms with Gasteiger partial charge in [0.25, 0.3) is 17.4 Å². The molecule has 1 saturated heterocycles. The lowest BCUT2D eigenvalue weighted by Gasteiger charge is -2.32. The summed E-state index contributed by atoms with van der Waals surface area (Å²) in [7, 11) is 0. The van der Waals surface area contributed by atoms with Crippen molar-refractivity contribution < 1.29 is 9.59 Å². The van der Waals surface area contributed by atoms with E-state index >= 15 is 0 Å². The van der Waals surface area contributed by atoms with E-state index in [0.717, 1.165) is 43.7 Å². The van der Waals surface area contributed by atoms with Gasteiger partial charge >= 0.3 is 0 Å². The molecule has 2 aromatic rings. The van der Waals surface area contributed by atoms with Crippen LogP contribution in [0.5, 0.6) is 0 Å². The van der Waals surface area contributed by atoms with Crippen LogP contribution in [0.3, 0.4) is 0 Å². The fourth-order valence-corrected chi connectivity index (χ4v) is 4.27. The second-order valence-corrected chi connectivity index (χ2v) is 7.89. The van der Waals surface area contributed by atoms with Gasteiger partial charge < -0.3 is 14.8 Å². The summed E-state index contributed by atoms with van der Waals surface area (Å²) in [5.74, 6) is -0.150. The van der Waals surface area contributed by atoms with Crippen LogP contribution in [0, 0.1) is 6.92 Å². The number of nitrogens with zero attached hydrogens (tertiary/aromatic N) is 4. The molecule has 29 heavy (non-hydrogen) atoms. The van der Waals surface area contributed by atoms with Crippen molar-refractivity contribution >= 4 is 11.8 Å². The lowest BCUT2D eigenvalue weighted by atomic mass is 9.94. The maximum Gasteiger partial charge on any atom is 0.272 e. The van der Waals surface area contributed by atoms with Gasteiger partial charge in [-0.3, -0.25) is 19.1 Å². The Morgan fingerprint density at radius 1 is 1.21 bits per heavy atom. The highest BCUT2D eigenvalue weighted by Gasteiger charge is 2.31. The molecule has 1 unspecified atom stereocenters. The van der Waals surface area contributed by atoms with Gasteiger partial charge in [0.15, 0.2) is 0 Å². The third kappa shape index (κ3) is 3.71. The largest absolute Gasteiger partial charge is 0.338 e. The van der Waals surface area contributed by atoms with Crippen LogP contribution in [0.4, 0.5) is 0 Å². The maximum atomic E-state index is 12.9. The van der Waals surface area contributed by atoms with Gasteiger partial charge in [0.05, 0.1) is 5.69 Å². The number of aryl methyl sites for hydroxylation is 2. The molecule has 2 amide bonds. The molecule has 0 spiro atoms. The zero-order chi connectivity index (χ0) is 20.5. The summed E-state index contributed by atoms with van der Waals surface area (Å²) in [5, 5.41) is 4.71. The fraction of sp³-hybridized carbons (Fsp3) is 0.524. The summed E-state index contributed by atoms with van der Waals surface area (Å²) in [6.07, 6.45) is 2.65. The number of nitrogens with one attached hydrogen (secondary N) is 1. The quantitative estimate of drug-likeness (QED) is 0.854. The van der Waals surface area contributed by atoms with Gasteiger partial charge in [-0.1, -0.05) is 0 Å². The van der Waals surface area contributed by atoms with Crippen LogP contribution in [-0.2, 0) is 6.54 Å². The Hall–Kier alpha value is -2.90. The van der Waals surface area contributed by atoms with Crippen molar-refractivity contribution in [3.8, 4) is 0 Å². The zero-order valence-corrected chi connectivity index (χ0v) is 17.0. The van der Waals surface area contributed by atoms with Gasteiger partial charge in [-0.2, -0.15) is 5.10 Å². The molecule has 8 nitrogen and oxygen atoms in total. The summed E-state index contributed by atoms with van der Waals surface area (Å²) in [6.45, 7) is 7.08. The van der Waals surface area contributed by atoms with Crippen LogP contribution < -0.4 is 5.56 Å². The monoisotopic (exact) mass is 397 g/mol. The predicted octanol–water partition coefficient (Wildman–Crippen LogP) is 1.77. The highest BCUT2D eigenvalue weighted by atomic mass is 16.2. The van der Waals surface area contributed by atoms with Crippen LogP contribution in [0.2, 0.25) is 0 Å². The number of pyridine rings is 1. The number of rotatable bonds is 3. The van der Waals surface area contributed by atoms with E-state index in [1.54, 1.807) is 24.0 Å². The van der Waals surface area contributed by atoms with E-state index in [9.17, 15) is 14.4 Å². The molecule has 2 aliphatic rings. The highest BCUT2D eigenvalue weighted by molar-refractivity contribution is 5.94. The van der Waals surface area contributed by atoms with E-state index in [-0.39, 0.29) is 28.9 Å². The molecular formula is C21H27N5O3. The Morgan fingerprint density at radius 3 is 2.79 bits per heavy atom. The van der Waals surface area contributed by atoms with Crippen molar-refractivity contribution in [3.63, 3.8) is 0 Å². The van der Waals surface area contributed by atoms with Crippen molar-refractivity contribution in [1.29, 1.82) is 0 Å². The Kier molecular flexibility index (Phi) is 5.25. The minimum Gasteiger partial charge on any atom is -0.338 e. The molecule has 2 aromatic heterocycles. The maximum absolute atomic E-state index is 12.9. The zero-order valence-electron chi connectivity index (χ0n) is 17.0. The minimum atomic E-state index is -0.351. The van der Waals surface area contributed by atoms with Crippen LogP contribution in [-0.4, -0.2) is 62.6 Å². The molecule has 4 rings (SSSR count). The number of aromatic nitrogens is 3. The fourth-order valence-electron chi connectivity index (χ4n) is 4.27. The molecule has 154 valence electrons. The molecule has 1 atom stereocenters. The SMILES string of the molecule is CCN1CCCn2nc(C3CCCN(C(=O)c4ccc(C)[nH]c4=O)C3)cc2C1=O. The summed E-state index contributed by atoms with van der Waals surface area (Å²) >= 11 is 0. The summed E-state index contributed by atoms with van der Waals surface area (Å²) in [4.78, 5) is 44.1. The van der Waals surface area contributed by atoms with Crippen molar-refractivity contribution in [2.24, 2.45) is 0 Å². The molecule has 2 aliphatic heterocycles. The Morgan fingerprint density at radius 2 is 2.03 bits per heavy atom. The minimum absolute atomic E-state index is 0.0266. The van der Waals surface area contributed by atoms with Crippen molar-refractivity contribution in [2.75, 3.05) is 26.2 Å². The lowest BCUT2D eigenvalue weighted by Crippen LogP contribution is -2.41. The van der Waals surface area contributed by atoms with E-state index in [1.165, 1.54) is 0 Å². The first kappa shape index (κ1) is 19.4. The highest BCUT2D eigenvalue weighted by Crippen LogP contribution is 2.28. The van der Waals surface area contributed by atoms with E-state index in [4.69, 9.17) is 5.10 Å². The first-order valence-electron chi connectivity index (χ1n) is 10.3. The number of fused-ring (bicyclic) bond motifs is 1. The number of hydrogen-bond acceptors (Lipinski definition) is 4. The summed E-state index contributed by atoms with van der Waals surface area (Å²) in [5.41, 5.74) is 2.05. The van der Waals surface area contributed by atoms with E-state index < -0.39 is 0 Å². The van der Waals surface area contributed by atoms with E-state index in [0.29, 0.717) is 25.3 Å². The average Bonchev–Trinajstić information content (AvgIpc) is 3.08. The predicted molar refractivity (Wildman–Crippen MR) is 108 cm³/mol. The summed E-state index contributed by atoms with van der Waals surface area (Å²) < 4.78 is 1.82. The average molecular weight is 397 g/mol. The number of H-pyrrole nitrogens is 1. The molecule has 0 radical (unpaired) electrons. The number of amides is 2. The van der Waals surface area contributed by atoms with E-state index in [2.05, 4.69) is 4.98 Å². The van der Waals surface area contributed by atoms with Gasteiger partial charge in [0, 0.05) is 44.3 Å². The van der Waals surface area contributed by atoms with Crippen molar-refractivity contribution in [3.05, 3.63) is 51.2 Å². The molecule has 8 heteroatoms. The number of carbonyl (C=O) groups excluding carboxylic acids is 2. The smallest absolute Gasteiger partial charge is 0.272 e. The Balaban J connectivity index is 1.55. The molecule has 1 fully saturated rings. The second-order valence-electron chi connectivity index (χ2n) is 7.89. The van der Waals surface area contributed by atoms with Crippen LogP contribution in [0.25, 0.3) is 0 Å². The molecule has 4 heterocycles. The van der Waals surface area contributed by atoms with Gasteiger partial charge in [-0.25, -0.2) is 0 Å². The number of likely N-dealkylation sites (tertiary alicyclic amines) is 1. The third-order valence-corrected chi connectivity index (χ3v) is 5.90. The first-order valence-corrected chi connectivity index (χ1v) is 10.3. The number of piperidine rings is 1. The molecule has 0 bridgehead atoms. The number of carbonyl (C=O) groups is 2. The molecule has 0 aliphatic carbocycles. The lowest BCUT2D eigenvalue weighted by molar-refractivity contribution is 0.0702. The molecule has 1 N–H and O–H groups in total. The van der Waals surface area contributed by atoms with Crippen molar-refractivity contribution in [2.45, 2.75) is 45.6 Å². The Labute approximate surface area is 169 Å². The van der Waals surface area contributed by atoms with Gasteiger partial charge in [-0.05, 0) is 51.3 Å². The van der Waals surface area contributed by atoms with Gasteiger partial charge in [-0.15, -0.1) is 0 Å². The Bertz CT molecular complexity index is 992. The van der Waals surface area contributed by atoms with Gasteiger partial charge in [0.2, 0.25) is 0 Å². The topological polar surface area (TPSA) is 91.3 Å². The molecule has 0 aromatic carbocycles. The molecular weight excluding hydrogens is 370 g/mol. The number of hydrogen-bond donors (Lipinski definition) is 1. The van der Waals surface area contributed by atoms with Crippen molar-refractivity contribution in [1.82, 2.24) is 24.6 Å². The van der Waals surface area contributed by atoms with E-state index in [1.807, 2.05) is 22.6 Å². The third-order valence-electron chi connectivity index (χ3n) is 5.90. The second kappa shape index (κ2) is 7.85. The first-order chi connectivity index (χ1) is 14.0. The normalized spacial score (nSPS) is 19.8. The molecule has 0 saturated carbocycles. The van der Waals surface area contributed by atoms with Gasteiger partial charge in [0.1, 0.15) is 11.3 Å². The van der Waals surface area contributed by atoms with Crippen LogP contribution in [0.15, 0.2) is 23.0 Å². The standard InChI is InChI=1S/C21H27N5O3/c1-3-24-10-5-11-26-18(21(24)29)12-17(23-26)15-6-4-9-25(13-15)20(28)16-8-7-14(2)22-19(16)27/h7-8,12,15H,3-6,9-11,13H2,1-2H3,(H,22,27). The summed E-state index contributed by atoms with van der Waals surface area (Å²) in [6, 6.07) is 5.23. The van der Waals surface area contributed by atoms with Crippen LogP contribution in [0.1, 0.15) is 64.3 Å². The van der Waals surface area contributed by atoms with Crippen LogP contribution >= 0.6 is 0 Å².